The summed E-state index contributed by atoms with van der Waals surface area (Å²) in [6, 6.07) is 7.66. The number of nitrogens with zero attached hydrogens (tertiary/aromatic N) is 1. The van der Waals surface area contributed by atoms with Gasteiger partial charge in [-0.25, -0.2) is 14.3 Å². The Kier molecular flexibility index (Phi) is 5.84. The van der Waals surface area contributed by atoms with Crippen LogP contribution in [0.15, 0.2) is 36.5 Å². The lowest BCUT2D eigenvalue weighted by Gasteiger charge is -2.15. The monoisotopic (exact) mass is 359 g/mol. The van der Waals surface area contributed by atoms with E-state index >= 15 is 0 Å². The molecule has 0 aliphatic carbocycles. The van der Waals surface area contributed by atoms with Gasteiger partial charge in [0.25, 0.3) is 17.6 Å². The van der Waals surface area contributed by atoms with E-state index < -0.39 is 36.2 Å². The Bertz CT molecular complexity index is 844. The van der Waals surface area contributed by atoms with Crippen molar-refractivity contribution in [3.05, 3.63) is 53.6 Å². The largest absolute Gasteiger partial charge is 0.478 e. The van der Waals surface area contributed by atoms with Gasteiger partial charge in [0.2, 0.25) is 11.5 Å². The van der Waals surface area contributed by atoms with Crippen molar-refractivity contribution in [3.63, 3.8) is 0 Å². The molecule has 1 aromatic carbocycles. The Morgan fingerprint density at radius 3 is 2.46 bits per heavy atom. The van der Waals surface area contributed by atoms with Crippen LogP contribution >= 0.6 is 0 Å². The van der Waals surface area contributed by atoms with E-state index in [1.807, 2.05) is 0 Å². The first kappa shape index (κ1) is 18.8. The molecule has 1 atom stereocenters. The Labute approximate surface area is 148 Å². The van der Waals surface area contributed by atoms with Crippen LogP contribution in [0, 0.1) is 6.92 Å². The average Bonchev–Trinajstić information content (AvgIpc) is 2.94. The van der Waals surface area contributed by atoms with Crippen molar-refractivity contribution in [1.82, 2.24) is 10.3 Å². The van der Waals surface area contributed by atoms with Gasteiger partial charge >= 0.3 is 5.97 Å². The van der Waals surface area contributed by atoms with Crippen molar-refractivity contribution in [1.29, 1.82) is 0 Å². The maximum atomic E-state index is 12.5. The number of ketones is 1. The number of H-pyrrole nitrogens is 1. The van der Waals surface area contributed by atoms with E-state index in [4.69, 9.17) is 10.8 Å². The summed E-state index contributed by atoms with van der Waals surface area (Å²) in [4.78, 5) is 49.7. The van der Waals surface area contributed by atoms with Crippen molar-refractivity contribution >= 4 is 23.6 Å². The SMILES string of the molecule is Cc1[nH]cc(C(=O)NC(Cc2ccccc2)C(=O)C(N)=O)[n+]1CC(=O)O. The highest BCUT2D eigenvalue weighted by Crippen LogP contribution is 2.05. The fraction of sp³-hybridized carbons (Fsp3) is 0.235. The molecular weight excluding hydrogens is 340 g/mol. The van der Waals surface area contributed by atoms with Gasteiger partial charge in [-0.3, -0.25) is 14.4 Å². The van der Waals surface area contributed by atoms with E-state index in [0.717, 1.165) is 5.56 Å². The van der Waals surface area contributed by atoms with Crippen LogP contribution in [-0.4, -0.2) is 39.7 Å². The number of aromatic nitrogens is 2. The number of primary amides is 1. The van der Waals surface area contributed by atoms with Gasteiger partial charge in [-0.05, 0) is 5.56 Å². The molecule has 9 nitrogen and oxygen atoms in total. The quantitative estimate of drug-likeness (QED) is 0.356. The number of aliphatic carboxylic acids is 1. The van der Waals surface area contributed by atoms with Gasteiger partial charge in [0, 0.05) is 13.3 Å². The number of aromatic amines is 1. The second kappa shape index (κ2) is 8.06. The minimum absolute atomic E-state index is 0.0280. The molecule has 0 bridgehead atoms. The summed E-state index contributed by atoms with van der Waals surface area (Å²) in [6.45, 7) is 1.18. The number of carboxylic acids is 1. The second-order valence-electron chi connectivity index (χ2n) is 5.68. The van der Waals surface area contributed by atoms with Crippen LogP contribution in [0.25, 0.3) is 0 Å². The summed E-state index contributed by atoms with van der Waals surface area (Å²) in [5, 5.41) is 11.4. The van der Waals surface area contributed by atoms with E-state index in [-0.39, 0.29) is 12.1 Å². The van der Waals surface area contributed by atoms with Crippen molar-refractivity contribution in [2.45, 2.75) is 25.9 Å². The van der Waals surface area contributed by atoms with Crippen LogP contribution in [0.1, 0.15) is 21.9 Å². The summed E-state index contributed by atoms with van der Waals surface area (Å²) in [5.41, 5.74) is 5.84. The van der Waals surface area contributed by atoms with Gasteiger partial charge < -0.3 is 16.2 Å². The lowest BCUT2D eigenvalue weighted by molar-refractivity contribution is -0.692. The Hall–Kier alpha value is -3.49. The third-order valence-electron chi connectivity index (χ3n) is 3.79. The molecule has 2 aromatic rings. The highest BCUT2D eigenvalue weighted by atomic mass is 16.4. The molecule has 0 aliphatic rings. The molecule has 9 heteroatoms. The van der Waals surface area contributed by atoms with E-state index in [0.29, 0.717) is 5.82 Å². The number of carboxylic acid groups (broad SMARTS) is 1. The number of hydrogen-bond donors (Lipinski definition) is 4. The highest BCUT2D eigenvalue weighted by Gasteiger charge is 2.29. The number of carbonyl (C=O) groups excluding carboxylic acids is 3. The molecule has 2 rings (SSSR count). The van der Waals surface area contributed by atoms with E-state index in [2.05, 4.69) is 10.3 Å². The fourth-order valence-corrected chi connectivity index (χ4v) is 2.50. The number of hydrogen-bond acceptors (Lipinski definition) is 4. The first-order valence-electron chi connectivity index (χ1n) is 7.77. The van der Waals surface area contributed by atoms with Gasteiger partial charge in [0.15, 0.2) is 6.54 Å². The average molecular weight is 359 g/mol. The van der Waals surface area contributed by atoms with Crippen molar-refractivity contribution in [2.75, 3.05) is 0 Å². The molecular formula is C17H19N4O5+. The maximum Gasteiger partial charge on any atom is 0.346 e. The third kappa shape index (κ3) is 4.53. The fourth-order valence-electron chi connectivity index (χ4n) is 2.50. The molecule has 0 radical (unpaired) electrons. The predicted octanol–water partition coefficient (Wildman–Crippen LogP) is -0.909. The number of nitrogens with two attached hydrogens (primary N) is 1. The van der Waals surface area contributed by atoms with Gasteiger partial charge in [-0.2, -0.15) is 0 Å². The number of imidazole rings is 1. The molecule has 0 aliphatic heterocycles. The molecule has 1 aromatic heterocycles. The minimum Gasteiger partial charge on any atom is -0.478 e. The number of nitrogens with one attached hydrogen (secondary N) is 2. The molecule has 136 valence electrons. The number of benzene rings is 1. The van der Waals surface area contributed by atoms with Crippen LogP contribution < -0.4 is 15.6 Å². The zero-order valence-electron chi connectivity index (χ0n) is 14.1. The summed E-state index contributed by atoms with van der Waals surface area (Å²) in [6.07, 6.45) is 1.42. The maximum absolute atomic E-state index is 12.5. The summed E-state index contributed by atoms with van der Waals surface area (Å²) in [7, 11) is 0. The zero-order valence-corrected chi connectivity index (χ0v) is 14.1. The lowest BCUT2D eigenvalue weighted by atomic mass is 10.0. The molecule has 0 spiro atoms. The number of aryl methyl sites for hydroxylation is 1. The van der Waals surface area contributed by atoms with Gasteiger partial charge in [0.1, 0.15) is 12.2 Å². The molecule has 0 saturated carbocycles. The number of rotatable bonds is 8. The van der Waals surface area contributed by atoms with Crippen molar-refractivity contribution < 1.29 is 28.9 Å². The Morgan fingerprint density at radius 1 is 1.23 bits per heavy atom. The molecule has 1 unspecified atom stereocenters. The van der Waals surface area contributed by atoms with E-state index in [9.17, 15) is 19.2 Å². The van der Waals surface area contributed by atoms with Crippen molar-refractivity contribution in [3.8, 4) is 0 Å². The highest BCUT2D eigenvalue weighted by molar-refractivity contribution is 6.38. The van der Waals surface area contributed by atoms with Gasteiger partial charge in [-0.1, -0.05) is 30.3 Å². The first-order valence-corrected chi connectivity index (χ1v) is 7.77. The van der Waals surface area contributed by atoms with Gasteiger partial charge in [0.05, 0.1) is 0 Å². The summed E-state index contributed by atoms with van der Waals surface area (Å²) >= 11 is 0. The first-order chi connectivity index (χ1) is 12.3. The Balaban J connectivity index is 2.25. The van der Waals surface area contributed by atoms with Crippen LogP contribution in [0.5, 0.6) is 0 Å². The standard InChI is InChI=1S/C17H18N4O5/c1-10-19-8-13(21(10)9-14(22)23)17(26)20-12(15(24)16(18)25)7-11-5-3-2-4-6-11/h2-6,8,12H,7,9H2,1H3,(H4,18,20,22,23,25,26)/p+1. The topological polar surface area (TPSA) is 146 Å². The molecule has 1 heterocycles. The lowest BCUT2D eigenvalue weighted by Crippen LogP contribution is -2.51. The molecule has 26 heavy (non-hydrogen) atoms. The molecule has 0 fully saturated rings. The normalized spacial score (nSPS) is 11.6. The second-order valence-corrected chi connectivity index (χ2v) is 5.68. The number of carbonyl (C=O) groups is 4. The number of Topliss-reactive ketones (excluding diaryl/α,β-unsaturated/α-hetero) is 1. The van der Waals surface area contributed by atoms with Gasteiger partial charge in [-0.15, -0.1) is 0 Å². The zero-order chi connectivity index (χ0) is 19.3. The number of amides is 2. The smallest absolute Gasteiger partial charge is 0.346 e. The van der Waals surface area contributed by atoms with E-state index in [1.165, 1.54) is 10.8 Å². The Morgan fingerprint density at radius 2 is 1.88 bits per heavy atom. The molecule has 2 amide bonds. The van der Waals surface area contributed by atoms with Crippen LogP contribution in [0.4, 0.5) is 0 Å². The van der Waals surface area contributed by atoms with Crippen LogP contribution in [0.3, 0.4) is 0 Å². The van der Waals surface area contributed by atoms with Crippen LogP contribution in [-0.2, 0) is 27.3 Å². The molecule has 0 saturated heterocycles. The minimum atomic E-state index is -1.16. The van der Waals surface area contributed by atoms with Crippen LogP contribution in [0.2, 0.25) is 0 Å². The third-order valence-corrected chi connectivity index (χ3v) is 3.79. The predicted molar refractivity (Wildman–Crippen MR) is 89.0 cm³/mol. The van der Waals surface area contributed by atoms with Crippen molar-refractivity contribution in [2.24, 2.45) is 5.73 Å². The molecule has 5 N–H and O–H groups in total. The summed E-state index contributed by atoms with van der Waals surface area (Å²) < 4.78 is 1.26. The van der Waals surface area contributed by atoms with E-state index in [1.54, 1.807) is 37.3 Å². The summed E-state index contributed by atoms with van der Waals surface area (Å²) in [5.74, 6) is -3.44.